The van der Waals surface area contributed by atoms with Gasteiger partial charge in [-0.3, -0.25) is 4.79 Å². The maximum absolute atomic E-state index is 12.8. The van der Waals surface area contributed by atoms with Crippen LogP contribution in [0.4, 0.5) is 0 Å². The van der Waals surface area contributed by atoms with Crippen LogP contribution in [0.3, 0.4) is 0 Å². The van der Waals surface area contributed by atoms with Crippen LogP contribution in [0.25, 0.3) is 0 Å². The summed E-state index contributed by atoms with van der Waals surface area (Å²) in [6, 6.07) is 29.9. The number of hydrogen-bond acceptors (Lipinski definition) is 1. The molecule has 22 heavy (non-hydrogen) atoms. The first kappa shape index (κ1) is 14.7. The normalized spacial score (nSPS) is 11.1. The van der Waals surface area contributed by atoms with E-state index in [9.17, 15) is 4.79 Å². The Bertz CT molecular complexity index is 655. The van der Waals surface area contributed by atoms with E-state index < -0.39 is 5.41 Å². The predicted molar refractivity (Wildman–Crippen MR) is 93.9 cm³/mol. The third-order valence-corrected chi connectivity index (χ3v) is 4.42. The minimum absolute atomic E-state index is 0.0381. The molecule has 1 atom stereocenters. The fourth-order valence-corrected chi connectivity index (χ4v) is 3.49. The lowest BCUT2D eigenvalue weighted by Gasteiger charge is -2.33. The van der Waals surface area contributed by atoms with Gasteiger partial charge in [-0.05, 0) is 16.7 Å². The predicted octanol–water partition coefficient (Wildman–Crippen LogP) is 4.42. The number of rotatable bonds is 4. The second kappa shape index (κ2) is 6.25. The highest BCUT2D eigenvalue weighted by molar-refractivity contribution is 7.40. The van der Waals surface area contributed by atoms with E-state index in [0.29, 0.717) is 0 Å². The standard InChI is InChI=1S/C20H17OP/c21-19(22)20(16-10-4-1-5-11-16,17-12-6-2-7-13-17)18-14-8-3-9-15-18/h1-15H,22H2. The number of hydrogen-bond donors (Lipinski definition) is 0. The van der Waals surface area contributed by atoms with Gasteiger partial charge in [0.1, 0.15) is 5.41 Å². The molecule has 1 unspecified atom stereocenters. The van der Waals surface area contributed by atoms with Crippen molar-refractivity contribution in [1.82, 2.24) is 0 Å². The fraction of sp³-hybridized carbons (Fsp3) is 0.0500. The fourth-order valence-electron chi connectivity index (χ4n) is 2.99. The van der Waals surface area contributed by atoms with Gasteiger partial charge in [0.25, 0.3) is 0 Å². The van der Waals surface area contributed by atoms with Crippen LogP contribution in [0.2, 0.25) is 0 Å². The topological polar surface area (TPSA) is 17.1 Å². The van der Waals surface area contributed by atoms with E-state index in [4.69, 9.17) is 0 Å². The van der Waals surface area contributed by atoms with Crippen LogP contribution >= 0.6 is 9.24 Å². The lowest BCUT2D eigenvalue weighted by molar-refractivity contribution is -0.113. The van der Waals surface area contributed by atoms with Gasteiger partial charge in [-0.2, -0.15) is 0 Å². The van der Waals surface area contributed by atoms with Crippen LogP contribution in [-0.4, -0.2) is 5.52 Å². The average Bonchev–Trinajstić information content (AvgIpc) is 2.58. The van der Waals surface area contributed by atoms with Crippen molar-refractivity contribution in [3.05, 3.63) is 108 Å². The third kappa shape index (κ3) is 2.38. The summed E-state index contributed by atoms with van der Waals surface area (Å²) in [5.74, 6) is 0. The highest BCUT2D eigenvalue weighted by Crippen LogP contribution is 2.41. The molecule has 0 amide bonds. The average molecular weight is 304 g/mol. The van der Waals surface area contributed by atoms with Crippen molar-refractivity contribution in [3.63, 3.8) is 0 Å². The van der Waals surface area contributed by atoms with Crippen LogP contribution in [0, 0.1) is 0 Å². The molecule has 0 saturated heterocycles. The molecule has 0 N–H and O–H groups in total. The van der Waals surface area contributed by atoms with E-state index in [1.807, 2.05) is 91.0 Å². The molecule has 1 nitrogen and oxygen atoms in total. The van der Waals surface area contributed by atoms with E-state index >= 15 is 0 Å². The Morgan fingerprint density at radius 3 is 1.09 bits per heavy atom. The smallest absolute Gasteiger partial charge is 0.167 e. The van der Waals surface area contributed by atoms with Crippen molar-refractivity contribution in [2.75, 3.05) is 0 Å². The summed E-state index contributed by atoms with van der Waals surface area (Å²) in [5, 5.41) is 0. The summed E-state index contributed by atoms with van der Waals surface area (Å²) in [5.41, 5.74) is 2.18. The molecule has 0 aliphatic rings. The third-order valence-electron chi connectivity index (χ3n) is 3.99. The van der Waals surface area contributed by atoms with Gasteiger partial charge < -0.3 is 0 Å². The van der Waals surface area contributed by atoms with Gasteiger partial charge in [-0.15, -0.1) is 0 Å². The van der Waals surface area contributed by atoms with Crippen molar-refractivity contribution in [3.8, 4) is 0 Å². The Hall–Kier alpha value is -2.24. The zero-order valence-corrected chi connectivity index (χ0v) is 13.3. The Labute approximate surface area is 133 Å². The SMILES string of the molecule is O=C(P)C(c1ccccc1)(c1ccccc1)c1ccccc1. The van der Waals surface area contributed by atoms with Crippen molar-refractivity contribution in [2.24, 2.45) is 0 Å². The van der Waals surface area contributed by atoms with Gasteiger partial charge in [-0.25, -0.2) is 0 Å². The quantitative estimate of drug-likeness (QED) is 0.515. The van der Waals surface area contributed by atoms with E-state index in [2.05, 4.69) is 9.24 Å². The molecule has 0 saturated carbocycles. The van der Waals surface area contributed by atoms with Crippen molar-refractivity contribution < 1.29 is 4.79 Å². The molecule has 0 fully saturated rings. The molecule has 3 rings (SSSR count). The van der Waals surface area contributed by atoms with Gasteiger partial charge in [0.05, 0.1) is 0 Å². The summed E-state index contributed by atoms with van der Waals surface area (Å²) in [7, 11) is 2.38. The lowest BCUT2D eigenvalue weighted by atomic mass is 9.70. The molecule has 0 radical (unpaired) electrons. The molecule has 2 heteroatoms. The van der Waals surface area contributed by atoms with Crippen LogP contribution in [0.1, 0.15) is 16.7 Å². The van der Waals surface area contributed by atoms with Crippen molar-refractivity contribution >= 4 is 14.8 Å². The van der Waals surface area contributed by atoms with Crippen LogP contribution < -0.4 is 0 Å². The number of benzene rings is 3. The molecular weight excluding hydrogens is 287 g/mol. The van der Waals surface area contributed by atoms with Crippen LogP contribution in [0.15, 0.2) is 91.0 Å². The highest BCUT2D eigenvalue weighted by atomic mass is 31.0. The van der Waals surface area contributed by atoms with Gasteiger partial charge >= 0.3 is 0 Å². The lowest BCUT2D eigenvalue weighted by Crippen LogP contribution is -2.35. The number of carbonyl (C=O) groups is 1. The molecule has 0 aliphatic heterocycles. The summed E-state index contributed by atoms with van der Waals surface area (Å²) >= 11 is 0. The zero-order chi connectivity index (χ0) is 15.4. The molecule has 3 aromatic carbocycles. The first-order valence-corrected chi connectivity index (χ1v) is 7.80. The molecule has 0 bridgehead atoms. The van der Waals surface area contributed by atoms with E-state index in [1.165, 1.54) is 0 Å². The Kier molecular flexibility index (Phi) is 4.18. The molecule has 0 spiro atoms. The Morgan fingerprint density at radius 2 is 0.864 bits per heavy atom. The summed E-state index contributed by atoms with van der Waals surface area (Å²) in [4.78, 5) is 12.8. The van der Waals surface area contributed by atoms with E-state index in [-0.39, 0.29) is 5.52 Å². The van der Waals surface area contributed by atoms with Crippen molar-refractivity contribution in [2.45, 2.75) is 5.41 Å². The second-order valence-electron chi connectivity index (χ2n) is 5.21. The molecule has 108 valence electrons. The molecule has 0 heterocycles. The van der Waals surface area contributed by atoms with E-state index in [1.54, 1.807) is 0 Å². The first-order valence-electron chi connectivity index (χ1n) is 7.22. The maximum Gasteiger partial charge on any atom is 0.167 e. The maximum atomic E-state index is 12.8. The van der Waals surface area contributed by atoms with Crippen molar-refractivity contribution in [1.29, 1.82) is 0 Å². The molecule has 3 aromatic rings. The molecular formula is C20H17OP. The second-order valence-corrected chi connectivity index (χ2v) is 5.74. The summed E-state index contributed by atoms with van der Waals surface area (Å²) in [6.45, 7) is 0. The zero-order valence-electron chi connectivity index (χ0n) is 12.1. The Morgan fingerprint density at radius 1 is 0.591 bits per heavy atom. The minimum Gasteiger partial charge on any atom is -0.293 e. The van der Waals surface area contributed by atoms with Crippen LogP contribution in [0.5, 0.6) is 0 Å². The molecule has 0 aromatic heterocycles. The van der Waals surface area contributed by atoms with Gasteiger partial charge in [-0.1, -0.05) is 100 Å². The summed E-state index contributed by atoms with van der Waals surface area (Å²) in [6.07, 6.45) is 0. The van der Waals surface area contributed by atoms with Gasteiger partial charge in [0.2, 0.25) is 0 Å². The van der Waals surface area contributed by atoms with E-state index in [0.717, 1.165) is 16.7 Å². The van der Waals surface area contributed by atoms with Crippen LogP contribution in [-0.2, 0) is 10.2 Å². The largest absolute Gasteiger partial charge is 0.293 e. The Balaban J connectivity index is 2.37. The highest BCUT2D eigenvalue weighted by Gasteiger charge is 2.40. The number of carbonyl (C=O) groups excluding carboxylic acids is 1. The van der Waals surface area contributed by atoms with Gasteiger partial charge in [0.15, 0.2) is 5.52 Å². The van der Waals surface area contributed by atoms with Gasteiger partial charge in [0, 0.05) is 0 Å². The molecule has 0 aliphatic carbocycles. The first-order chi connectivity index (χ1) is 10.8. The summed E-state index contributed by atoms with van der Waals surface area (Å²) < 4.78 is 0. The minimum atomic E-state index is -0.797. The monoisotopic (exact) mass is 304 g/mol.